The van der Waals surface area contributed by atoms with E-state index in [1.807, 2.05) is 18.2 Å². The summed E-state index contributed by atoms with van der Waals surface area (Å²) in [6.45, 7) is 0. The van der Waals surface area contributed by atoms with Crippen molar-refractivity contribution in [2.45, 2.75) is 12.8 Å². The van der Waals surface area contributed by atoms with Crippen molar-refractivity contribution in [1.82, 2.24) is 15.0 Å². The Morgan fingerprint density at radius 1 is 0.968 bits per heavy atom. The lowest BCUT2D eigenvalue weighted by Crippen LogP contribution is -2.17. The van der Waals surface area contributed by atoms with Crippen molar-refractivity contribution in [3.63, 3.8) is 0 Å². The van der Waals surface area contributed by atoms with E-state index in [-0.39, 0.29) is 18.1 Å². The Hall–Kier alpha value is -4.08. The van der Waals surface area contributed by atoms with Crippen molar-refractivity contribution < 1.29 is 22.7 Å². The topological polar surface area (TPSA) is 91.9 Å². The number of carbonyl (C=O) groups is 1. The Labute approximate surface area is 174 Å². The Bertz CT molecular complexity index is 1190. The molecule has 2 aromatic carbocycles. The van der Waals surface area contributed by atoms with E-state index in [9.17, 15) is 18.0 Å². The summed E-state index contributed by atoms with van der Waals surface area (Å²) in [5.74, 6) is 0.0129. The summed E-state index contributed by atoms with van der Waals surface area (Å²) in [6, 6.07) is 14.1. The molecule has 0 aliphatic heterocycles. The Kier molecular flexibility index (Phi) is 5.44. The highest BCUT2D eigenvalue weighted by Crippen LogP contribution is 2.24. The molecule has 7 nitrogen and oxygen atoms in total. The predicted octanol–water partition coefficient (Wildman–Crippen LogP) is 4.78. The van der Waals surface area contributed by atoms with Crippen molar-refractivity contribution in [2.75, 3.05) is 10.6 Å². The normalized spacial score (nSPS) is 11.3. The number of hydrogen-bond acceptors (Lipinski definition) is 5. The van der Waals surface area contributed by atoms with Gasteiger partial charge in [0.05, 0.1) is 11.8 Å². The molecule has 0 spiro atoms. The molecular formula is C21H16F3N5O2. The average molecular weight is 427 g/mol. The van der Waals surface area contributed by atoms with E-state index < -0.39 is 6.36 Å². The zero-order chi connectivity index (χ0) is 21.8. The lowest BCUT2D eigenvalue weighted by atomic mass is 10.1. The van der Waals surface area contributed by atoms with Gasteiger partial charge in [0.2, 0.25) is 5.91 Å². The third-order valence-corrected chi connectivity index (χ3v) is 4.31. The van der Waals surface area contributed by atoms with E-state index in [4.69, 9.17) is 0 Å². The minimum absolute atomic E-state index is 0.108. The second-order valence-electron chi connectivity index (χ2n) is 6.58. The maximum absolute atomic E-state index is 12.2. The van der Waals surface area contributed by atoms with Gasteiger partial charge in [0.15, 0.2) is 0 Å². The third kappa shape index (κ3) is 5.30. The summed E-state index contributed by atoms with van der Waals surface area (Å²) in [7, 11) is 0. The molecule has 3 N–H and O–H groups in total. The molecule has 31 heavy (non-hydrogen) atoms. The number of aromatic amines is 1. The van der Waals surface area contributed by atoms with Gasteiger partial charge >= 0.3 is 6.36 Å². The Morgan fingerprint density at radius 3 is 2.39 bits per heavy atom. The molecule has 4 aromatic rings. The molecule has 0 aliphatic rings. The van der Waals surface area contributed by atoms with E-state index in [1.54, 1.807) is 18.3 Å². The van der Waals surface area contributed by atoms with Gasteiger partial charge in [-0.05, 0) is 48.0 Å². The summed E-state index contributed by atoms with van der Waals surface area (Å²) >= 11 is 0. The molecule has 0 aliphatic carbocycles. The number of ether oxygens (including phenoxy) is 1. The van der Waals surface area contributed by atoms with Crippen LogP contribution in [0.15, 0.2) is 67.1 Å². The zero-order valence-electron chi connectivity index (χ0n) is 15.9. The fourth-order valence-electron chi connectivity index (χ4n) is 2.95. The maximum atomic E-state index is 12.2. The van der Waals surface area contributed by atoms with Crippen LogP contribution < -0.4 is 15.4 Å². The molecule has 0 unspecified atom stereocenters. The quantitative estimate of drug-likeness (QED) is 0.412. The lowest BCUT2D eigenvalue weighted by Gasteiger charge is -2.10. The number of aromatic nitrogens is 3. The number of hydrogen-bond donors (Lipinski definition) is 3. The van der Waals surface area contributed by atoms with E-state index in [0.717, 1.165) is 34.4 Å². The van der Waals surface area contributed by atoms with Crippen molar-refractivity contribution in [2.24, 2.45) is 0 Å². The number of halogens is 3. The second-order valence-corrected chi connectivity index (χ2v) is 6.58. The number of benzene rings is 2. The predicted molar refractivity (Wildman–Crippen MR) is 109 cm³/mol. The lowest BCUT2D eigenvalue weighted by molar-refractivity contribution is -0.274. The number of anilines is 3. The van der Waals surface area contributed by atoms with E-state index in [0.29, 0.717) is 11.5 Å². The summed E-state index contributed by atoms with van der Waals surface area (Å²) in [5.41, 5.74) is 2.67. The minimum atomic E-state index is -4.76. The first-order valence-corrected chi connectivity index (χ1v) is 9.15. The van der Waals surface area contributed by atoms with Gasteiger partial charge in [-0.3, -0.25) is 4.79 Å². The molecule has 0 fully saturated rings. The highest BCUT2D eigenvalue weighted by molar-refractivity contribution is 5.92. The first-order chi connectivity index (χ1) is 14.9. The Balaban J connectivity index is 1.34. The molecule has 0 saturated heterocycles. The highest BCUT2D eigenvalue weighted by atomic mass is 19.4. The Morgan fingerprint density at radius 2 is 1.68 bits per heavy atom. The van der Waals surface area contributed by atoms with Gasteiger partial charge in [-0.25, -0.2) is 9.97 Å². The van der Waals surface area contributed by atoms with Crippen LogP contribution in [0.2, 0.25) is 0 Å². The summed E-state index contributed by atoms with van der Waals surface area (Å²) in [5, 5.41) is 6.71. The minimum Gasteiger partial charge on any atom is -0.406 e. The van der Waals surface area contributed by atoms with Crippen LogP contribution >= 0.6 is 0 Å². The SMILES string of the molecule is O=C(Cc1ccc(Nc2ncnc3[nH]ccc23)cc1)Nc1ccc(OC(F)(F)F)cc1. The zero-order valence-corrected chi connectivity index (χ0v) is 15.9. The standard InChI is InChI=1S/C21H16F3N5O2/c22-21(23,24)31-16-7-5-14(6-8-16)28-18(30)11-13-1-3-15(4-2-13)29-20-17-9-10-25-19(17)26-12-27-20/h1-10,12H,11H2,(H,28,30)(H2,25,26,27,29). The van der Waals surface area contributed by atoms with Gasteiger partial charge in [0, 0.05) is 17.6 Å². The first-order valence-electron chi connectivity index (χ1n) is 9.15. The van der Waals surface area contributed by atoms with E-state index >= 15 is 0 Å². The van der Waals surface area contributed by atoms with Gasteiger partial charge in [0.1, 0.15) is 23.5 Å². The van der Waals surface area contributed by atoms with Gasteiger partial charge in [-0.1, -0.05) is 12.1 Å². The fourth-order valence-corrected chi connectivity index (χ4v) is 2.95. The summed E-state index contributed by atoms with van der Waals surface area (Å²) in [6.07, 6.45) is -1.41. The van der Waals surface area contributed by atoms with Crippen LogP contribution in [0.25, 0.3) is 11.0 Å². The maximum Gasteiger partial charge on any atom is 0.573 e. The van der Waals surface area contributed by atoms with Gasteiger partial charge in [0.25, 0.3) is 0 Å². The van der Waals surface area contributed by atoms with E-state index in [2.05, 4.69) is 30.3 Å². The molecular weight excluding hydrogens is 411 g/mol. The van der Waals surface area contributed by atoms with Crippen molar-refractivity contribution in [1.29, 1.82) is 0 Å². The smallest absolute Gasteiger partial charge is 0.406 e. The number of H-pyrrole nitrogens is 1. The molecule has 0 atom stereocenters. The molecule has 158 valence electrons. The van der Waals surface area contributed by atoms with Crippen molar-refractivity contribution in [3.05, 3.63) is 72.7 Å². The van der Waals surface area contributed by atoms with Crippen LogP contribution in [0.4, 0.5) is 30.4 Å². The largest absolute Gasteiger partial charge is 0.573 e. The van der Waals surface area contributed by atoms with Crippen LogP contribution in [0, 0.1) is 0 Å². The number of rotatable bonds is 6. The molecule has 10 heteroatoms. The number of fused-ring (bicyclic) bond motifs is 1. The average Bonchev–Trinajstić information content (AvgIpc) is 3.20. The monoisotopic (exact) mass is 427 g/mol. The molecule has 0 radical (unpaired) electrons. The molecule has 4 rings (SSSR count). The van der Waals surface area contributed by atoms with Crippen molar-refractivity contribution >= 4 is 34.1 Å². The number of alkyl halides is 3. The van der Waals surface area contributed by atoms with Gasteiger partial charge < -0.3 is 20.4 Å². The van der Waals surface area contributed by atoms with Crippen LogP contribution in [-0.2, 0) is 11.2 Å². The second kappa shape index (κ2) is 8.34. The van der Waals surface area contributed by atoms with E-state index in [1.165, 1.54) is 18.5 Å². The molecule has 2 heterocycles. The van der Waals surface area contributed by atoms with Crippen molar-refractivity contribution in [3.8, 4) is 5.75 Å². The first kappa shape index (κ1) is 20.2. The molecule has 2 aromatic heterocycles. The molecule has 0 bridgehead atoms. The van der Waals surface area contributed by atoms with Gasteiger partial charge in [-0.15, -0.1) is 13.2 Å². The molecule has 0 saturated carbocycles. The summed E-state index contributed by atoms with van der Waals surface area (Å²) < 4.78 is 40.4. The van der Waals surface area contributed by atoms with Gasteiger partial charge in [-0.2, -0.15) is 0 Å². The van der Waals surface area contributed by atoms with Crippen LogP contribution in [0.1, 0.15) is 5.56 Å². The number of amides is 1. The number of nitrogens with one attached hydrogen (secondary N) is 3. The third-order valence-electron chi connectivity index (χ3n) is 4.31. The number of carbonyl (C=O) groups excluding carboxylic acids is 1. The molecule has 1 amide bonds. The summed E-state index contributed by atoms with van der Waals surface area (Å²) in [4.78, 5) is 23.6. The highest BCUT2D eigenvalue weighted by Gasteiger charge is 2.30. The van der Waals surface area contributed by atoms with Crippen LogP contribution in [0.3, 0.4) is 0 Å². The fraction of sp³-hybridized carbons (Fsp3) is 0.0952. The number of nitrogens with zero attached hydrogens (tertiary/aromatic N) is 2. The van der Waals surface area contributed by atoms with Crippen LogP contribution in [-0.4, -0.2) is 27.2 Å². The van der Waals surface area contributed by atoms with Crippen LogP contribution in [0.5, 0.6) is 5.75 Å².